The monoisotopic (exact) mass is 892 g/mol. The maximum atomic E-state index is 10.3. The first-order chi connectivity index (χ1) is 33.6. The summed E-state index contributed by atoms with van der Waals surface area (Å²) in [7, 11) is 0. The van der Waals surface area contributed by atoms with E-state index in [0.717, 1.165) is 82.6 Å². The molecule has 7 heteroatoms. The van der Waals surface area contributed by atoms with Gasteiger partial charge < -0.3 is 18.7 Å². The fourth-order valence-electron chi connectivity index (χ4n) is 10.7. The second kappa shape index (κ2) is 15.0. The lowest BCUT2D eigenvalue weighted by atomic mass is 9.96. The topological polar surface area (TPSA) is 79.5 Å². The molecule has 4 aromatic heterocycles. The van der Waals surface area contributed by atoms with Crippen LogP contribution in [0.3, 0.4) is 0 Å². The highest BCUT2D eigenvalue weighted by Crippen LogP contribution is 2.45. The van der Waals surface area contributed by atoms with Crippen molar-refractivity contribution < 1.29 is 8.83 Å². The predicted molar refractivity (Wildman–Crippen MR) is 286 cm³/mol. The van der Waals surface area contributed by atoms with Crippen molar-refractivity contribution in [1.82, 2.24) is 9.88 Å². The van der Waals surface area contributed by atoms with Crippen LogP contribution in [0.25, 0.3) is 113 Å². The van der Waals surface area contributed by atoms with Crippen molar-refractivity contribution in [2.24, 2.45) is 4.99 Å². The molecule has 0 aliphatic carbocycles. The third kappa shape index (κ3) is 5.82. The van der Waals surface area contributed by atoms with Crippen molar-refractivity contribution in [3.8, 4) is 5.69 Å². The highest BCUT2D eigenvalue weighted by molar-refractivity contribution is 7.25. The van der Waals surface area contributed by atoms with Crippen LogP contribution in [0.1, 0.15) is 36.2 Å². The first-order valence-electron chi connectivity index (χ1n) is 23.1. The van der Waals surface area contributed by atoms with Gasteiger partial charge >= 0.3 is 0 Å². The maximum Gasteiger partial charge on any atom is 0.149 e. The summed E-state index contributed by atoms with van der Waals surface area (Å²) in [5, 5.41) is 27.2. The van der Waals surface area contributed by atoms with Gasteiger partial charge in [0, 0.05) is 63.8 Å². The molecule has 68 heavy (non-hydrogen) atoms. The van der Waals surface area contributed by atoms with Crippen LogP contribution in [0, 0.1) is 5.41 Å². The molecule has 0 radical (unpaired) electrons. The quantitative estimate of drug-likeness (QED) is 0.124. The number of aliphatic imine (C=N–C) groups is 1. The summed E-state index contributed by atoms with van der Waals surface area (Å²) in [5.41, 5.74) is 9.80. The largest absolute Gasteiger partial charge is 0.456 e. The second-order valence-corrected chi connectivity index (χ2v) is 18.7. The molecule has 1 atom stereocenters. The first-order valence-corrected chi connectivity index (χ1v) is 23.9. The lowest BCUT2D eigenvalue weighted by Crippen LogP contribution is -2.29. The minimum Gasteiger partial charge on any atom is -0.456 e. The van der Waals surface area contributed by atoms with Gasteiger partial charge in [-0.05, 0) is 76.7 Å². The van der Waals surface area contributed by atoms with Crippen LogP contribution in [0.15, 0.2) is 208 Å². The Morgan fingerprint density at radius 2 is 1.18 bits per heavy atom. The van der Waals surface area contributed by atoms with E-state index in [1.54, 1.807) is 11.3 Å². The van der Waals surface area contributed by atoms with Gasteiger partial charge in [0.1, 0.15) is 34.3 Å². The molecule has 0 aliphatic rings. The summed E-state index contributed by atoms with van der Waals surface area (Å²) >= 11 is 1.81. The van der Waals surface area contributed by atoms with E-state index in [9.17, 15) is 5.41 Å². The molecule has 2 N–H and O–H groups in total. The molecule has 14 aromatic rings. The number of nitrogens with zero attached hydrogens (tertiary/aromatic N) is 2. The number of nitrogens with one attached hydrogen (secondary N) is 2. The van der Waals surface area contributed by atoms with E-state index < -0.39 is 6.17 Å². The Hall–Kier alpha value is -8.52. The van der Waals surface area contributed by atoms with Gasteiger partial charge in [-0.15, -0.1) is 11.3 Å². The van der Waals surface area contributed by atoms with Crippen molar-refractivity contribution >= 4 is 130 Å². The molecule has 14 rings (SSSR count). The van der Waals surface area contributed by atoms with Gasteiger partial charge in [-0.3, -0.25) is 10.4 Å². The molecule has 0 spiro atoms. The highest BCUT2D eigenvalue weighted by atomic mass is 32.1. The number of rotatable bonds is 7. The van der Waals surface area contributed by atoms with Gasteiger partial charge in [-0.1, -0.05) is 153 Å². The number of fused-ring (bicyclic) bond motifs is 14. The zero-order chi connectivity index (χ0) is 45.0. The molecule has 0 fully saturated rings. The molecular weight excluding hydrogens is 853 g/mol. The SMILES string of the molecule is CC/C(=N\C(NC(=N)c1c2ccccc2c(-n2c3ccccc3c3cc4ccccc4cc32)c2c1oc1ccccc12)c1ccc2c(c1)oc1ccccc12)c1ccc2c(c1)sc1ccccc12. The van der Waals surface area contributed by atoms with Crippen molar-refractivity contribution in [3.05, 3.63) is 211 Å². The fraction of sp³-hybridized carbons (Fsp3) is 0.0492. The van der Waals surface area contributed by atoms with Gasteiger partial charge in [-0.2, -0.15) is 0 Å². The summed E-state index contributed by atoms with van der Waals surface area (Å²) in [6.45, 7) is 2.15. The summed E-state index contributed by atoms with van der Waals surface area (Å²) in [4.78, 5) is 5.57. The number of thiophene rings is 1. The zero-order valence-corrected chi connectivity index (χ0v) is 37.7. The molecule has 6 nitrogen and oxygen atoms in total. The molecule has 1 unspecified atom stereocenters. The van der Waals surface area contributed by atoms with Gasteiger partial charge in [-0.25, -0.2) is 0 Å². The number of amidine groups is 1. The van der Waals surface area contributed by atoms with E-state index in [1.165, 1.54) is 41.7 Å². The molecule has 4 heterocycles. The van der Waals surface area contributed by atoms with Gasteiger partial charge in [0.05, 0.1) is 27.7 Å². The molecule has 0 bridgehead atoms. The van der Waals surface area contributed by atoms with Crippen LogP contribution in [0.4, 0.5) is 0 Å². The fourth-order valence-corrected chi connectivity index (χ4v) is 11.9. The Morgan fingerprint density at radius 1 is 0.544 bits per heavy atom. The molecule has 0 amide bonds. The molecule has 322 valence electrons. The summed E-state index contributed by atoms with van der Waals surface area (Å²) in [6, 6.07) is 68.3. The minimum absolute atomic E-state index is 0.207. The minimum atomic E-state index is -0.656. The molecule has 0 saturated heterocycles. The van der Waals surface area contributed by atoms with Crippen LogP contribution in [0.2, 0.25) is 0 Å². The standard InChI is InChI=1S/C61H40N4O2S/c1-2-48(37-27-30-43-42-19-10-14-26-54(42)68-55(43)34-37)63-61(38-28-29-41-40-18-8-12-24-51(40)66-53(41)33-38)64-60(62)57-44-20-5-6-21-45(44)58(56-46-22-9-13-25-52(46)67-59(56)57)65-49-23-11-7-17-39(49)47-31-35-15-3-4-16-36(35)32-50(47)65/h3-34,61H,2H2,1H3,(H2,62,64)/b63-48+. The Kier molecular flexibility index (Phi) is 8.54. The zero-order valence-electron chi connectivity index (χ0n) is 36.9. The normalized spacial score (nSPS) is 12.9. The molecule has 0 aliphatic heterocycles. The van der Waals surface area contributed by atoms with Crippen LogP contribution in [-0.2, 0) is 0 Å². The van der Waals surface area contributed by atoms with Crippen molar-refractivity contribution in [3.63, 3.8) is 0 Å². The van der Waals surface area contributed by atoms with Crippen molar-refractivity contribution in [2.45, 2.75) is 19.5 Å². The average Bonchev–Trinajstić information content (AvgIpc) is 4.14. The number of hydrogen-bond acceptors (Lipinski definition) is 5. The van der Waals surface area contributed by atoms with Crippen molar-refractivity contribution in [2.75, 3.05) is 0 Å². The van der Waals surface area contributed by atoms with Crippen LogP contribution in [0.5, 0.6) is 0 Å². The summed E-state index contributed by atoms with van der Waals surface area (Å²) in [6.07, 6.45) is 0.0329. The number of para-hydroxylation sites is 3. The molecule has 10 aromatic carbocycles. The van der Waals surface area contributed by atoms with Crippen LogP contribution < -0.4 is 5.32 Å². The Labute approximate surface area is 393 Å². The van der Waals surface area contributed by atoms with E-state index in [1.807, 2.05) is 30.3 Å². The maximum absolute atomic E-state index is 10.3. The number of benzene rings is 10. The van der Waals surface area contributed by atoms with Crippen LogP contribution >= 0.6 is 11.3 Å². The third-order valence-corrected chi connectivity index (χ3v) is 15.0. The number of furan rings is 2. The van der Waals surface area contributed by atoms with E-state index in [-0.39, 0.29) is 5.84 Å². The average molecular weight is 893 g/mol. The molecular formula is C61H40N4O2S. The number of aromatic nitrogens is 1. The van der Waals surface area contributed by atoms with Crippen molar-refractivity contribution in [1.29, 1.82) is 5.41 Å². The summed E-state index contributed by atoms with van der Waals surface area (Å²) in [5.74, 6) is 0.207. The number of hydrogen-bond donors (Lipinski definition) is 2. The lowest BCUT2D eigenvalue weighted by molar-refractivity contribution is 0.654. The third-order valence-electron chi connectivity index (χ3n) is 13.9. The van der Waals surface area contributed by atoms with E-state index in [4.69, 9.17) is 13.8 Å². The lowest BCUT2D eigenvalue weighted by Gasteiger charge is -2.21. The molecule has 0 saturated carbocycles. The second-order valence-electron chi connectivity index (χ2n) is 17.7. The van der Waals surface area contributed by atoms with Gasteiger partial charge in [0.25, 0.3) is 0 Å². The van der Waals surface area contributed by atoms with Crippen LogP contribution in [-0.4, -0.2) is 16.1 Å². The highest BCUT2D eigenvalue weighted by Gasteiger charge is 2.27. The summed E-state index contributed by atoms with van der Waals surface area (Å²) < 4.78 is 18.4. The van der Waals surface area contributed by atoms with E-state index >= 15 is 0 Å². The van der Waals surface area contributed by atoms with E-state index in [0.29, 0.717) is 17.6 Å². The Morgan fingerprint density at radius 3 is 2.00 bits per heavy atom. The smallest absolute Gasteiger partial charge is 0.149 e. The van der Waals surface area contributed by atoms with Gasteiger partial charge in [0.15, 0.2) is 0 Å². The van der Waals surface area contributed by atoms with E-state index in [2.05, 4.69) is 181 Å². The predicted octanol–water partition coefficient (Wildman–Crippen LogP) is 16.8. The first kappa shape index (κ1) is 38.7. The van der Waals surface area contributed by atoms with Gasteiger partial charge in [0.2, 0.25) is 0 Å². The Balaban J connectivity index is 0.993. The Bertz CT molecular complexity index is 4450.